The van der Waals surface area contributed by atoms with Gasteiger partial charge in [-0.15, -0.1) is 0 Å². The lowest BCUT2D eigenvalue weighted by Crippen LogP contribution is -2.52. The van der Waals surface area contributed by atoms with Crippen molar-refractivity contribution in [2.24, 2.45) is 0 Å². The molecule has 0 bridgehead atoms. The van der Waals surface area contributed by atoms with Crippen LogP contribution in [0.15, 0.2) is 72.9 Å². The number of aromatic nitrogens is 1. The van der Waals surface area contributed by atoms with Crippen LogP contribution in [0.2, 0.25) is 0 Å². The summed E-state index contributed by atoms with van der Waals surface area (Å²) in [6.45, 7) is 2.75. The molecule has 1 N–H and O–H groups in total. The van der Waals surface area contributed by atoms with E-state index in [9.17, 15) is 15.2 Å². The van der Waals surface area contributed by atoms with Crippen LogP contribution < -0.4 is 9.47 Å². The van der Waals surface area contributed by atoms with Crippen LogP contribution in [0.3, 0.4) is 0 Å². The zero-order valence-electron chi connectivity index (χ0n) is 25.7. The zero-order chi connectivity index (χ0) is 32.9. The second-order valence-corrected chi connectivity index (χ2v) is 11.9. The molecular weight excluding hydrogens is 616 g/mol. The van der Waals surface area contributed by atoms with Crippen molar-refractivity contribution in [2.45, 2.75) is 49.8 Å². The van der Waals surface area contributed by atoms with Crippen LogP contribution in [-0.2, 0) is 28.1 Å². The highest BCUT2D eigenvalue weighted by atomic mass is 35.5. The van der Waals surface area contributed by atoms with Gasteiger partial charge in [-0.2, -0.15) is 14.0 Å². The number of fused-ring (bicyclic) bond motifs is 1. The van der Waals surface area contributed by atoms with Crippen molar-refractivity contribution in [1.82, 2.24) is 9.47 Å². The van der Waals surface area contributed by atoms with Crippen molar-refractivity contribution >= 4 is 28.5 Å². The molecule has 5 rings (SSSR count). The molecule has 3 aromatic carbocycles. The third-order valence-electron chi connectivity index (χ3n) is 8.28. The standard InChI is InChI=1S/C35H36ClF2N3O5/c1-3-45-33(42)19-25-10-12-31(32(18-25)44-2)46-27-13-15-40(16-14-27)23-34(43,35(36,37)38)29-22-41(21-24-7-5-4-6-8-24)30-17-26(20-39)9-11-28(29)30/h4-12,17-18,22,27,43H,3,13-16,19,21,23H2,1-2H3. The minimum absolute atomic E-state index is 0.00561. The molecule has 0 aliphatic carbocycles. The maximum Gasteiger partial charge on any atom is 0.355 e. The Morgan fingerprint density at radius 2 is 1.80 bits per heavy atom. The Bertz CT molecular complexity index is 1710. The molecule has 11 heteroatoms. The number of alkyl halides is 3. The highest BCUT2D eigenvalue weighted by Gasteiger charge is 2.55. The largest absolute Gasteiger partial charge is 0.493 e. The van der Waals surface area contributed by atoms with Crippen molar-refractivity contribution in [3.05, 3.63) is 95.2 Å². The second-order valence-electron chi connectivity index (χ2n) is 11.4. The van der Waals surface area contributed by atoms with Gasteiger partial charge in [0, 0.05) is 43.3 Å². The van der Waals surface area contributed by atoms with E-state index in [1.165, 1.54) is 13.3 Å². The van der Waals surface area contributed by atoms with Gasteiger partial charge in [0.1, 0.15) is 6.10 Å². The highest BCUT2D eigenvalue weighted by molar-refractivity contribution is 6.22. The van der Waals surface area contributed by atoms with Crippen LogP contribution in [0.25, 0.3) is 10.9 Å². The molecular formula is C35H36ClF2N3O5. The molecule has 1 atom stereocenters. The number of likely N-dealkylation sites (tertiary alicyclic amines) is 1. The summed E-state index contributed by atoms with van der Waals surface area (Å²) in [7, 11) is 1.52. The minimum atomic E-state index is -4.00. The number of hydrogen-bond donors (Lipinski definition) is 1. The molecule has 1 unspecified atom stereocenters. The predicted molar refractivity (Wildman–Crippen MR) is 170 cm³/mol. The van der Waals surface area contributed by atoms with Crippen molar-refractivity contribution in [2.75, 3.05) is 33.4 Å². The van der Waals surface area contributed by atoms with E-state index < -0.39 is 17.5 Å². The summed E-state index contributed by atoms with van der Waals surface area (Å²) in [5.41, 5.74) is -0.149. The number of aliphatic hydroxyl groups is 1. The molecule has 46 heavy (non-hydrogen) atoms. The van der Waals surface area contributed by atoms with Crippen LogP contribution >= 0.6 is 11.6 Å². The van der Waals surface area contributed by atoms with Crippen LogP contribution in [0.5, 0.6) is 11.5 Å². The summed E-state index contributed by atoms with van der Waals surface area (Å²) in [4.78, 5) is 13.6. The van der Waals surface area contributed by atoms with E-state index in [4.69, 9.17) is 25.8 Å². The molecule has 0 saturated carbocycles. The molecule has 1 aliphatic heterocycles. The number of carbonyl (C=O) groups excluding carboxylic acids is 1. The summed E-state index contributed by atoms with van der Waals surface area (Å²) >= 11 is 5.71. The average molecular weight is 652 g/mol. The van der Waals surface area contributed by atoms with E-state index in [1.807, 2.05) is 30.3 Å². The lowest BCUT2D eigenvalue weighted by molar-refractivity contribution is -0.147. The third kappa shape index (κ3) is 7.28. The minimum Gasteiger partial charge on any atom is -0.493 e. The number of β-amino-alcohol motifs (C(OH)–C–C–N with tert-alkyl or cyclic N) is 1. The molecule has 1 fully saturated rings. The van der Waals surface area contributed by atoms with Gasteiger partial charge in [0.25, 0.3) is 0 Å². The fraction of sp³-hybridized carbons (Fsp3) is 0.371. The number of halogens is 3. The Balaban J connectivity index is 1.33. The first kappa shape index (κ1) is 33.2. The zero-order valence-corrected chi connectivity index (χ0v) is 26.5. The fourth-order valence-corrected chi connectivity index (χ4v) is 6.08. The molecule has 1 aromatic heterocycles. The van der Waals surface area contributed by atoms with Gasteiger partial charge in [0.2, 0.25) is 0 Å². The quantitative estimate of drug-likeness (QED) is 0.143. The van der Waals surface area contributed by atoms with Crippen molar-refractivity contribution in [3.8, 4) is 17.6 Å². The van der Waals surface area contributed by atoms with E-state index in [0.29, 0.717) is 67.0 Å². The lowest BCUT2D eigenvalue weighted by Gasteiger charge is -2.39. The average Bonchev–Trinajstić information content (AvgIpc) is 3.40. The van der Waals surface area contributed by atoms with Crippen LogP contribution in [0.1, 0.15) is 42.0 Å². The van der Waals surface area contributed by atoms with E-state index in [1.54, 1.807) is 52.8 Å². The molecule has 8 nitrogen and oxygen atoms in total. The Morgan fingerprint density at radius 1 is 1.07 bits per heavy atom. The Hall–Kier alpha value is -4.17. The number of hydrogen-bond acceptors (Lipinski definition) is 7. The van der Waals surface area contributed by atoms with Crippen LogP contribution in [0, 0.1) is 11.3 Å². The van der Waals surface area contributed by atoms with E-state index >= 15 is 8.78 Å². The topological polar surface area (TPSA) is 97.0 Å². The Labute approximate surface area is 271 Å². The first-order valence-corrected chi connectivity index (χ1v) is 15.5. The summed E-state index contributed by atoms with van der Waals surface area (Å²) in [5, 5.41) is 17.7. The van der Waals surface area contributed by atoms with Gasteiger partial charge in [-0.3, -0.25) is 9.69 Å². The number of rotatable bonds is 12. The van der Waals surface area contributed by atoms with Crippen molar-refractivity contribution < 1.29 is 32.9 Å². The molecule has 0 spiro atoms. The van der Waals surface area contributed by atoms with E-state index in [0.717, 1.165) is 11.1 Å². The predicted octanol–water partition coefficient (Wildman–Crippen LogP) is 6.24. The van der Waals surface area contributed by atoms with Crippen LogP contribution in [0.4, 0.5) is 8.78 Å². The van der Waals surface area contributed by atoms with Gasteiger partial charge in [-0.05, 0) is 66.8 Å². The van der Waals surface area contributed by atoms with Gasteiger partial charge in [0.05, 0.1) is 37.3 Å². The summed E-state index contributed by atoms with van der Waals surface area (Å²) < 4.78 is 49.1. The number of piperidine rings is 1. The SMILES string of the molecule is CCOC(=O)Cc1ccc(OC2CCN(CC(O)(c3cn(Cc4ccccc4)c4cc(C#N)ccc34)C(F)(F)Cl)CC2)c(OC)c1. The number of methoxy groups -OCH3 is 1. The lowest BCUT2D eigenvalue weighted by atomic mass is 9.91. The van der Waals surface area contributed by atoms with Gasteiger partial charge in [-0.1, -0.05) is 42.5 Å². The molecule has 1 saturated heterocycles. The van der Waals surface area contributed by atoms with Crippen molar-refractivity contribution in [1.29, 1.82) is 5.26 Å². The van der Waals surface area contributed by atoms with E-state index in [-0.39, 0.29) is 24.1 Å². The number of nitriles is 1. The first-order valence-electron chi connectivity index (χ1n) is 15.1. The number of nitrogens with zero attached hydrogens (tertiary/aromatic N) is 3. The normalized spacial score (nSPS) is 15.7. The molecule has 4 aromatic rings. The summed E-state index contributed by atoms with van der Waals surface area (Å²) in [6, 6.07) is 21.6. The smallest absolute Gasteiger partial charge is 0.355 e. The molecule has 2 heterocycles. The molecule has 242 valence electrons. The summed E-state index contributed by atoms with van der Waals surface area (Å²) in [5.74, 6) is 0.660. The van der Waals surface area contributed by atoms with Crippen LogP contribution in [-0.4, -0.2) is 65.4 Å². The molecule has 1 aliphatic rings. The maximum absolute atomic E-state index is 15.3. The summed E-state index contributed by atoms with van der Waals surface area (Å²) in [6.07, 6.45) is 2.44. The maximum atomic E-state index is 15.3. The number of esters is 1. The van der Waals surface area contributed by atoms with Gasteiger partial charge in [-0.25, -0.2) is 0 Å². The molecule has 0 radical (unpaired) electrons. The fourth-order valence-electron chi connectivity index (χ4n) is 5.92. The van der Waals surface area contributed by atoms with Gasteiger partial charge >= 0.3 is 11.4 Å². The van der Waals surface area contributed by atoms with Gasteiger partial charge in [0.15, 0.2) is 17.1 Å². The Morgan fingerprint density at radius 3 is 2.46 bits per heavy atom. The van der Waals surface area contributed by atoms with E-state index in [2.05, 4.69) is 6.07 Å². The first-order chi connectivity index (χ1) is 22.0. The van der Waals surface area contributed by atoms with Crippen molar-refractivity contribution in [3.63, 3.8) is 0 Å². The third-order valence-corrected chi connectivity index (χ3v) is 8.60. The Kier molecular flexibility index (Phi) is 10.2. The monoisotopic (exact) mass is 651 g/mol. The molecule has 0 amide bonds. The van der Waals surface area contributed by atoms with Gasteiger partial charge < -0.3 is 23.9 Å². The number of ether oxygens (including phenoxy) is 3. The number of benzene rings is 3. The highest BCUT2D eigenvalue weighted by Crippen LogP contribution is 2.45. The number of carbonyl (C=O) groups is 1. The second kappa shape index (κ2) is 14.1.